The lowest BCUT2D eigenvalue weighted by atomic mass is 9.96. The highest BCUT2D eigenvalue weighted by molar-refractivity contribution is 5.96. The molecular formula is C14H26N3O3+. The zero-order chi connectivity index (χ0) is 14.4. The van der Waals surface area contributed by atoms with Crippen LogP contribution in [0.2, 0.25) is 0 Å². The molecule has 20 heavy (non-hydrogen) atoms. The molecule has 0 unspecified atom stereocenters. The second kappa shape index (κ2) is 7.59. The van der Waals surface area contributed by atoms with Gasteiger partial charge in [-0.05, 0) is 19.8 Å². The van der Waals surface area contributed by atoms with E-state index in [2.05, 4.69) is 10.6 Å². The minimum absolute atomic E-state index is 0.199. The fourth-order valence-corrected chi connectivity index (χ4v) is 2.94. The number of carbonyl (C=O) groups is 2. The lowest BCUT2D eigenvalue weighted by molar-refractivity contribution is -0.921. The van der Waals surface area contributed by atoms with E-state index in [0.29, 0.717) is 13.2 Å². The summed E-state index contributed by atoms with van der Waals surface area (Å²) in [6.45, 7) is 4.87. The van der Waals surface area contributed by atoms with Gasteiger partial charge in [-0.2, -0.15) is 0 Å². The zero-order valence-corrected chi connectivity index (χ0v) is 12.2. The smallest absolute Gasteiger partial charge is 0.321 e. The lowest BCUT2D eigenvalue weighted by Gasteiger charge is -2.28. The van der Waals surface area contributed by atoms with E-state index in [4.69, 9.17) is 4.74 Å². The molecule has 1 saturated heterocycles. The minimum Gasteiger partial charge on any atom is -0.370 e. The molecule has 6 nitrogen and oxygen atoms in total. The van der Waals surface area contributed by atoms with Crippen LogP contribution >= 0.6 is 0 Å². The molecule has 2 fully saturated rings. The van der Waals surface area contributed by atoms with Gasteiger partial charge >= 0.3 is 6.03 Å². The predicted octanol–water partition coefficient (Wildman–Crippen LogP) is -0.551. The molecule has 0 aromatic heterocycles. The van der Waals surface area contributed by atoms with Gasteiger partial charge in [-0.1, -0.05) is 19.3 Å². The standard InChI is InChI=1S/C14H25N3O3/c1-11(17-7-9-20-10-8-17)13(18)16-14(19)15-12-5-3-2-4-6-12/h11-12H,2-10H2,1H3,(H2,15,16,18,19)/p+1/t11-/m1/s1. The third-order valence-electron chi connectivity index (χ3n) is 4.32. The molecule has 1 saturated carbocycles. The summed E-state index contributed by atoms with van der Waals surface area (Å²) >= 11 is 0. The molecule has 1 aliphatic carbocycles. The van der Waals surface area contributed by atoms with Gasteiger partial charge in [-0.25, -0.2) is 4.79 Å². The van der Waals surface area contributed by atoms with Crippen molar-refractivity contribution in [1.29, 1.82) is 0 Å². The second-order valence-corrected chi connectivity index (χ2v) is 5.79. The minimum atomic E-state index is -0.346. The van der Waals surface area contributed by atoms with E-state index < -0.39 is 0 Å². The number of imide groups is 1. The number of hydrogen-bond acceptors (Lipinski definition) is 3. The molecule has 1 aliphatic heterocycles. The molecular weight excluding hydrogens is 258 g/mol. The third kappa shape index (κ3) is 4.45. The van der Waals surface area contributed by atoms with Crippen molar-refractivity contribution < 1.29 is 19.2 Å². The molecule has 3 N–H and O–H groups in total. The Labute approximate surface area is 120 Å². The number of urea groups is 1. The van der Waals surface area contributed by atoms with Crippen LogP contribution in [-0.4, -0.2) is 50.3 Å². The molecule has 0 aromatic rings. The van der Waals surface area contributed by atoms with E-state index in [1.807, 2.05) is 6.92 Å². The Morgan fingerprint density at radius 3 is 2.45 bits per heavy atom. The highest BCUT2D eigenvalue weighted by Crippen LogP contribution is 2.17. The van der Waals surface area contributed by atoms with Crippen molar-refractivity contribution >= 4 is 11.9 Å². The maximum absolute atomic E-state index is 12.1. The van der Waals surface area contributed by atoms with Crippen molar-refractivity contribution in [3.63, 3.8) is 0 Å². The van der Waals surface area contributed by atoms with E-state index in [1.54, 1.807) is 0 Å². The summed E-state index contributed by atoms with van der Waals surface area (Å²) in [6, 6.07) is -0.333. The first-order valence-corrected chi connectivity index (χ1v) is 7.70. The Hall–Kier alpha value is -1.14. The molecule has 0 bridgehead atoms. The number of amides is 3. The van der Waals surface area contributed by atoms with Crippen LogP contribution in [0.4, 0.5) is 4.79 Å². The average Bonchev–Trinajstić information content (AvgIpc) is 2.48. The SMILES string of the molecule is C[C@H](C(=O)NC(=O)NC1CCCCC1)[NH+]1CCOCC1. The number of nitrogens with one attached hydrogen (secondary N) is 3. The molecule has 6 heteroatoms. The normalized spacial score (nSPS) is 23.1. The van der Waals surface area contributed by atoms with E-state index in [1.165, 1.54) is 11.3 Å². The van der Waals surface area contributed by atoms with Crippen LogP contribution in [-0.2, 0) is 9.53 Å². The maximum Gasteiger partial charge on any atom is 0.321 e. The number of quaternary nitrogens is 1. The molecule has 2 rings (SSSR count). The van der Waals surface area contributed by atoms with Gasteiger partial charge in [0.2, 0.25) is 0 Å². The zero-order valence-electron chi connectivity index (χ0n) is 12.2. The first-order chi connectivity index (χ1) is 9.66. The van der Waals surface area contributed by atoms with Gasteiger partial charge in [0.25, 0.3) is 5.91 Å². The number of rotatable bonds is 3. The summed E-state index contributed by atoms with van der Waals surface area (Å²) in [4.78, 5) is 25.1. The van der Waals surface area contributed by atoms with Crippen molar-refractivity contribution in [2.75, 3.05) is 26.3 Å². The molecule has 2 aliphatic rings. The molecule has 0 radical (unpaired) electrons. The van der Waals surface area contributed by atoms with Gasteiger partial charge < -0.3 is 15.0 Å². The van der Waals surface area contributed by atoms with Crippen molar-refractivity contribution in [3.05, 3.63) is 0 Å². The van der Waals surface area contributed by atoms with Crippen molar-refractivity contribution in [2.45, 2.75) is 51.1 Å². The molecule has 0 aromatic carbocycles. The van der Waals surface area contributed by atoms with Gasteiger partial charge in [-0.3, -0.25) is 10.1 Å². The summed E-state index contributed by atoms with van der Waals surface area (Å²) in [5, 5.41) is 5.38. The number of carbonyl (C=O) groups excluding carboxylic acids is 2. The fourth-order valence-electron chi connectivity index (χ4n) is 2.94. The van der Waals surface area contributed by atoms with Crippen LogP contribution in [0.25, 0.3) is 0 Å². The van der Waals surface area contributed by atoms with Crippen LogP contribution in [0.1, 0.15) is 39.0 Å². The summed E-state index contributed by atoms with van der Waals surface area (Å²) < 4.78 is 5.28. The molecule has 1 atom stereocenters. The Morgan fingerprint density at radius 2 is 1.80 bits per heavy atom. The Kier molecular flexibility index (Phi) is 5.79. The van der Waals surface area contributed by atoms with Gasteiger partial charge in [0.05, 0.1) is 13.2 Å². The van der Waals surface area contributed by atoms with Crippen LogP contribution in [0, 0.1) is 0 Å². The molecule has 0 spiro atoms. The number of ether oxygens (including phenoxy) is 1. The van der Waals surface area contributed by atoms with Crippen LogP contribution in [0.15, 0.2) is 0 Å². The van der Waals surface area contributed by atoms with Crippen molar-refractivity contribution in [3.8, 4) is 0 Å². The van der Waals surface area contributed by atoms with E-state index >= 15 is 0 Å². The second-order valence-electron chi connectivity index (χ2n) is 5.79. The number of hydrogen-bond donors (Lipinski definition) is 3. The lowest BCUT2D eigenvalue weighted by Crippen LogP contribution is -3.18. The van der Waals surface area contributed by atoms with Gasteiger partial charge in [0.1, 0.15) is 13.1 Å². The summed E-state index contributed by atoms with van der Waals surface area (Å²) in [5.41, 5.74) is 0. The molecule has 1 heterocycles. The van der Waals surface area contributed by atoms with Crippen molar-refractivity contribution in [2.24, 2.45) is 0 Å². The number of morpholine rings is 1. The van der Waals surface area contributed by atoms with E-state index in [0.717, 1.165) is 38.8 Å². The fraction of sp³-hybridized carbons (Fsp3) is 0.857. The Bertz CT molecular complexity index is 337. The van der Waals surface area contributed by atoms with Crippen molar-refractivity contribution in [1.82, 2.24) is 10.6 Å². The summed E-state index contributed by atoms with van der Waals surface area (Å²) in [7, 11) is 0. The predicted molar refractivity (Wildman–Crippen MR) is 74.5 cm³/mol. The largest absolute Gasteiger partial charge is 0.370 e. The van der Waals surface area contributed by atoms with Gasteiger partial charge in [0, 0.05) is 6.04 Å². The summed E-state index contributed by atoms with van der Waals surface area (Å²) in [6.07, 6.45) is 5.61. The van der Waals surface area contributed by atoms with E-state index in [9.17, 15) is 9.59 Å². The Balaban J connectivity index is 1.73. The average molecular weight is 284 g/mol. The maximum atomic E-state index is 12.1. The highest BCUT2D eigenvalue weighted by Gasteiger charge is 2.28. The molecule has 114 valence electrons. The van der Waals surface area contributed by atoms with E-state index in [-0.39, 0.29) is 24.0 Å². The first-order valence-electron chi connectivity index (χ1n) is 7.70. The van der Waals surface area contributed by atoms with Crippen LogP contribution < -0.4 is 15.5 Å². The summed E-state index contributed by atoms with van der Waals surface area (Å²) in [5.74, 6) is -0.199. The first kappa shape index (κ1) is 15.3. The van der Waals surface area contributed by atoms with Gasteiger partial charge in [0.15, 0.2) is 6.04 Å². The highest BCUT2D eigenvalue weighted by atomic mass is 16.5. The Morgan fingerprint density at radius 1 is 1.15 bits per heavy atom. The quantitative estimate of drug-likeness (QED) is 0.651. The topological polar surface area (TPSA) is 71.9 Å². The third-order valence-corrected chi connectivity index (χ3v) is 4.32. The van der Waals surface area contributed by atoms with Crippen LogP contribution in [0.5, 0.6) is 0 Å². The van der Waals surface area contributed by atoms with Crippen LogP contribution in [0.3, 0.4) is 0 Å². The van der Waals surface area contributed by atoms with Gasteiger partial charge in [-0.15, -0.1) is 0 Å². The monoisotopic (exact) mass is 284 g/mol. The molecule has 3 amide bonds.